The highest BCUT2D eigenvalue weighted by molar-refractivity contribution is 6.00. The fraction of sp³-hybridized carbons (Fsp3) is 0.333. The molecule has 5 heteroatoms. The van der Waals surface area contributed by atoms with Gasteiger partial charge in [0, 0.05) is 12.1 Å². The highest BCUT2D eigenvalue weighted by Crippen LogP contribution is 2.27. The quantitative estimate of drug-likeness (QED) is 0.569. The molecule has 3 N–H and O–H groups in total. The van der Waals surface area contributed by atoms with Gasteiger partial charge in [-0.05, 0) is 23.8 Å². The molecule has 1 aromatic carbocycles. The maximum absolute atomic E-state index is 10.4. The molecule has 0 spiro atoms. The van der Waals surface area contributed by atoms with Gasteiger partial charge in [0.25, 0.3) is 0 Å². The zero-order valence-electron chi connectivity index (χ0n) is 9.90. The number of benzene rings is 1. The van der Waals surface area contributed by atoms with Crippen molar-refractivity contribution >= 4 is 12.0 Å². The molecular formula is C12H16N2O3. The summed E-state index contributed by atoms with van der Waals surface area (Å²) in [5, 5.41) is 7.83. The minimum Gasteiger partial charge on any atom is -0.493 e. The second-order valence-corrected chi connectivity index (χ2v) is 3.55. The lowest BCUT2D eigenvalue weighted by atomic mass is 10.0. The van der Waals surface area contributed by atoms with Crippen LogP contribution in [0.1, 0.15) is 12.0 Å². The second kappa shape index (κ2) is 6.00. The SMILES string of the molecule is COc1ccc(C(=N)CC(N)C=O)cc1OC. The molecule has 0 radical (unpaired) electrons. The van der Waals surface area contributed by atoms with Gasteiger partial charge in [-0.3, -0.25) is 0 Å². The van der Waals surface area contributed by atoms with Crippen LogP contribution in [-0.2, 0) is 4.79 Å². The summed E-state index contributed by atoms with van der Waals surface area (Å²) in [7, 11) is 3.08. The zero-order valence-corrected chi connectivity index (χ0v) is 9.90. The molecule has 1 aromatic rings. The monoisotopic (exact) mass is 236 g/mol. The van der Waals surface area contributed by atoms with Crippen molar-refractivity contribution in [1.82, 2.24) is 0 Å². The van der Waals surface area contributed by atoms with E-state index in [1.807, 2.05) is 0 Å². The van der Waals surface area contributed by atoms with Gasteiger partial charge >= 0.3 is 0 Å². The number of ether oxygens (including phenoxy) is 2. The van der Waals surface area contributed by atoms with Gasteiger partial charge in [-0.15, -0.1) is 0 Å². The predicted octanol–water partition coefficient (Wildman–Crippen LogP) is 0.988. The zero-order chi connectivity index (χ0) is 12.8. The first-order chi connectivity index (χ1) is 8.12. The minimum atomic E-state index is -0.643. The number of rotatable bonds is 6. The summed E-state index contributed by atoms with van der Waals surface area (Å²) >= 11 is 0. The third-order valence-corrected chi connectivity index (χ3v) is 2.35. The Labute approximate surface area is 100 Å². The molecule has 0 heterocycles. The Hall–Kier alpha value is -1.88. The lowest BCUT2D eigenvalue weighted by Gasteiger charge is -2.11. The number of methoxy groups -OCH3 is 2. The molecule has 0 bridgehead atoms. The topological polar surface area (TPSA) is 85.4 Å². The van der Waals surface area contributed by atoms with E-state index in [0.29, 0.717) is 29.1 Å². The van der Waals surface area contributed by atoms with E-state index in [1.54, 1.807) is 25.3 Å². The molecule has 0 aromatic heterocycles. The fourth-order valence-corrected chi connectivity index (χ4v) is 1.43. The van der Waals surface area contributed by atoms with Crippen molar-refractivity contribution < 1.29 is 14.3 Å². The van der Waals surface area contributed by atoms with Crippen LogP contribution in [0, 0.1) is 5.41 Å². The van der Waals surface area contributed by atoms with E-state index in [1.165, 1.54) is 7.11 Å². The minimum absolute atomic E-state index is 0.207. The smallest absolute Gasteiger partial charge is 0.161 e. The van der Waals surface area contributed by atoms with E-state index in [0.717, 1.165) is 0 Å². The second-order valence-electron chi connectivity index (χ2n) is 3.55. The number of nitrogens with two attached hydrogens (primary N) is 1. The maximum Gasteiger partial charge on any atom is 0.161 e. The number of nitrogens with one attached hydrogen (secondary N) is 1. The van der Waals surface area contributed by atoms with E-state index < -0.39 is 6.04 Å². The van der Waals surface area contributed by atoms with Gasteiger partial charge in [-0.1, -0.05) is 0 Å². The molecule has 1 unspecified atom stereocenters. The third kappa shape index (κ3) is 3.29. The molecule has 1 atom stereocenters. The van der Waals surface area contributed by atoms with Crippen LogP contribution in [0.25, 0.3) is 0 Å². The summed E-state index contributed by atoms with van der Waals surface area (Å²) in [6, 6.07) is 4.50. The van der Waals surface area contributed by atoms with Crippen LogP contribution >= 0.6 is 0 Å². The van der Waals surface area contributed by atoms with E-state index in [-0.39, 0.29) is 6.42 Å². The van der Waals surface area contributed by atoms with Gasteiger partial charge in [0.1, 0.15) is 6.29 Å². The molecule has 0 aliphatic heterocycles. The standard InChI is InChI=1S/C12H16N2O3/c1-16-11-4-3-8(5-12(11)17-2)10(14)6-9(13)7-15/h3-5,7,9,14H,6,13H2,1-2H3. The molecule has 0 saturated heterocycles. The van der Waals surface area contributed by atoms with Crippen LogP contribution in [0.4, 0.5) is 0 Å². The van der Waals surface area contributed by atoms with Crippen molar-refractivity contribution in [2.75, 3.05) is 14.2 Å². The van der Waals surface area contributed by atoms with Crippen LogP contribution in [0.3, 0.4) is 0 Å². The van der Waals surface area contributed by atoms with Crippen LogP contribution in [0.5, 0.6) is 11.5 Å². The van der Waals surface area contributed by atoms with E-state index >= 15 is 0 Å². The van der Waals surface area contributed by atoms with Gasteiger partial charge < -0.3 is 25.4 Å². The number of hydrogen-bond acceptors (Lipinski definition) is 5. The molecule has 0 amide bonds. The summed E-state index contributed by atoms with van der Waals surface area (Å²) in [6.45, 7) is 0. The largest absolute Gasteiger partial charge is 0.493 e. The van der Waals surface area contributed by atoms with Gasteiger partial charge in [-0.25, -0.2) is 0 Å². The first kappa shape index (κ1) is 13.2. The molecule has 0 fully saturated rings. The third-order valence-electron chi connectivity index (χ3n) is 2.35. The van der Waals surface area contributed by atoms with Crippen molar-refractivity contribution in [3.05, 3.63) is 23.8 Å². The summed E-state index contributed by atoms with van der Waals surface area (Å²) < 4.78 is 10.2. The lowest BCUT2D eigenvalue weighted by Crippen LogP contribution is -2.25. The van der Waals surface area contributed by atoms with Crippen LogP contribution in [-0.4, -0.2) is 32.3 Å². The maximum atomic E-state index is 10.4. The Kier molecular flexibility index (Phi) is 4.66. The van der Waals surface area contributed by atoms with E-state index in [9.17, 15) is 4.79 Å². The highest BCUT2D eigenvalue weighted by atomic mass is 16.5. The first-order valence-electron chi connectivity index (χ1n) is 5.13. The molecule has 92 valence electrons. The van der Waals surface area contributed by atoms with E-state index in [2.05, 4.69) is 0 Å². The van der Waals surface area contributed by atoms with Gasteiger partial charge in [0.05, 0.1) is 20.3 Å². The molecule has 0 aliphatic rings. The van der Waals surface area contributed by atoms with Crippen molar-refractivity contribution in [3.8, 4) is 11.5 Å². The molecule has 17 heavy (non-hydrogen) atoms. The summed E-state index contributed by atoms with van der Waals surface area (Å²) in [6.07, 6.45) is 0.842. The molecule has 5 nitrogen and oxygen atoms in total. The molecule has 0 aliphatic carbocycles. The van der Waals surface area contributed by atoms with Crippen LogP contribution < -0.4 is 15.2 Å². The average Bonchev–Trinajstić information content (AvgIpc) is 2.37. The van der Waals surface area contributed by atoms with Crippen molar-refractivity contribution in [3.63, 3.8) is 0 Å². The lowest BCUT2D eigenvalue weighted by molar-refractivity contribution is -0.108. The summed E-state index contributed by atoms with van der Waals surface area (Å²) in [5.74, 6) is 1.15. The number of hydrogen-bond donors (Lipinski definition) is 2. The predicted molar refractivity (Wildman–Crippen MR) is 65.0 cm³/mol. The Morgan fingerprint density at radius 3 is 2.59 bits per heavy atom. The normalized spacial score (nSPS) is 11.7. The average molecular weight is 236 g/mol. The number of carbonyl (C=O) groups is 1. The van der Waals surface area contributed by atoms with Crippen LogP contribution in [0.15, 0.2) is 18.2 Å². The Balaban J connectivity index is 2.91. The van der Waals surface area contributed by atoms with Gasteiger partial charge in [0.2, 0.25) is 0 Å². The van der Waals surface area contributed by atoms with Crippen molar-refractivity contribution in [2.24, 2.45) is 5.73 Å². The molecule has 1 rings (SSSR count). The Morgan fingerprint density at radius 2 is 2.06 bits per heavy atom. The number of carbonyl (C=O) groups excluding carboxylic acids is 1. The van der Waals surface area contributed by atoms with Gasteiger partial charge in [-0.2, -0.15) is 0 Å². The van der Waals surface area contributed by atoms with Crippen LogP contribution in [0.2, 0.25) is 0 Å². The van der Waals surface area contributed by atoms with E-state index in [4.69, 9.17) is 20.6 Å². The van der Waals surface area contributed by atoms with Gasteiger partial charge in [0.15, 0.2) is 11.5 Å². The fourth-order valence-electron chi connectivity index (χ4n) is 1.43. The Morgan fingerprint density at radius 1 is 1.41 bits per heavy atom. The highest BCUT2D eigenvalue weighted by Gasteiger charge is 2.10. The Bertz CT molecular complexity index is 418. The molecular weight excluding hydrogens is 220 g/mol. The van der Waals surface area contributed by atoms with Crippen molar-refractivity contribution in [2.45, 2.75) is 12.5 Å². The number of aldehydes is 1. The first-order valence-corrected chi connectivity index (χ1v) is 5.13. The summed E-state index contributed by atoms with van der Waals surface area (Å²) in [5.41, 5.74) is 6.44. The van der Waals surface area contributed by atoms with Crippen molar-refractivity contribution in [1.29, 1.82) is 5.41 Å². The summed E-state index contributed by atoms with van der Waals surface area (Å²) in [4.78, 5) is 10.4. The molecule has 0 saturated carbocycles.